The second-order valence-electron chi connectivity index (χ2n) is 4.09. The largest absolute Gasteiger partial charge is 0.493 e. The van der Waals surface area contributed by atoms with Gasteiger partial charge < -0.3 is 19.9 Å². The maximum atomic E-state index is 11.4. The smallest absolute Gasteiger partial charge is 0.337 e. The van der Waals surface area contributed by atoms with Crippen LogP contribution in [-0.4, -0.2) is 38.4 Å². The highest BCUT2D eigenvalue weighted by atomic mass is 16.5. The van der Waals surface area contributed by atoms with Crippen molar-refractivity contribution in [2.24, 2.45) is 10.7 Å². The number of benzene rings is 1. The van der Waals surface area contributed by atoms with E-state index >= 15 is 0 Å². The molecule has 1 aromatic rings. The van der Waals surface area contributed by atoms with Gasteiger partial charge in [0.15, 0.2) is 0 Å². The number of nitrogens with zero attached hydrogens (tertiary/aromatic N) is 1. The molecule has 6 heteroatoms. The maximum absolute atomic E-state index is 11.4. The molecule has 102 valence electrons. The molecule has 1 aromatic carbocycles. The van der Waals surface area contributed by atoms with Gasteiger partial charge in [0.2, 0.25) is 0 Å². The van der Waals surface area contributed by atoms with Crippen molar-refractivity contribution < 1.29 is 19.0 Å². The summed E-state index contributed by atoms with van der Waals surface area (Å²) in [7, 11) is 1.35. The average Bonchev–Trinajstić information content (AvgIpc) is 2.84. The Morgan fingerprint density at radius 2 is 2.42 bits per heavy atom. The molecule has 1 aliphatic heterocycles. The molecule has 0 unspecified atom stereocenters. The monoisotopic (exact) mass is 264 g/mol. The Bertz CT molecular complexity index is 487. The van der Waals surface area contributed by atoms with Crippen molar-refractivity contribution in [3.05, 3.63) is 29.8 Å². The van der Waals surface area contributed by atoms with Crippen LogP contribution in [0.4, 0.5) is 0 Å². The molecule has 0 saturated heterocycles. The lowest BCUT2D eigenvalue weighted by atomic mass is 10.2. The first-order chi connectivity index (χ1) is 9.19. The third kappa shape index (κ3) is 3.61. The Labute approximate surface area is 111 Å². The molecular formula is C13H16N2O4. The zero-order valence-corrected chi connectivity index (χ0v) is 10.7. The van der Waals surface area contributed by atoms with Gasteiger partial charge in [-0.2, -0.15) is 0 Å². The van der Waals surface area contributed by atoms with Gasteiger partial charge in [0, 0.05) is 6.42 Å². The van der Waals surface area contributed by atoms with Gasteiger partial charge in [-0.3, -0.25) is 0 Å². The van der Waals surface area contributed by atoms with Gasteiger partial charge in [0.1, 0.15) is 12.4 Å². The van der Waals surface area contributed by atoms with Crippen LogP contribution in [0.2, 0.25) is 0 Å². The second-order valence-corrected chi connectivity index (χ2v) is 4.09. The number of rotatable bonds is 5. The summed E-state index contributed by atoms with van der Waals surface area (Å²) >= 11 is 0. The maximum Gasteiger partial charge on any atom is 0.337 e. The van der Waals surface area contributed by atoms with E-state index in [9.17, 15) is 4.79 Å². The van der Waals surface area contributed by atoms with Crippen LogP contribution in [0.3, 0.4) is 0 Å². The zero-order valence-electron chi connectivity index (χ0n) is 10.7. The van der Waals surface area contributed by atoms with Crippen molar-refractivity contribution in [3.63, 3.8) is 0 Å². The van der Waals surface area contributed by atoms with Crippen LogP contribution in [-0.2, 0) is 9.47 Å². The number of ether oxygens (including phenoxy) is 3. The molecule has 0 amide bonds. The summed E-state index contributed by atoms with van der Waals surface area (Å²) in [5, 5.41) is 0. The standard InChI is InChI=1S/C13H16N2O4/c1-17-12(16)9-3-2-4-11(7-9)18-6-5-10-8-19-13(14)15-10/h2-4,7,10H,5-6,8H2,1H3,(H2,14,15)/t10-/m0/s1. The molecule has 2 N–H and O–H groups in total. The van der Waals surface area contributed by atoms with Crippen molar-refractivity contribution in [1.82, 2.24) is 0 Å². The molecule has 19 heavy (non-hydrogen) atoms. The minimum atomic E-state index is -0.382. The number of hydrogen-bond acceptors (Lipinski definition) is 6. The number of carbonyl (C=O) groups is 1. The van der Waals surface area contributed by atoms with Crippen LogP contribution >= 0.6 is 0 Å². The lowest BCUT2D eigenvalue weighted by Crippen LogP contribution is -2.12. The van der Waals surface area contributed by atoms with E-state index in [1.54, 1.807) is 24.3 Å². The minimum Gasteiger partial charge on any atom is -0.493 e. The summed E-state index contributed by atoms with van der Waals surface area (Å²) in [5.74, 6) is 0.241. The van der Waals surface area contributed by atoms with Crippen LogP contribution in [0.15, 0.2) is 29.3 Å². The van der Waals surface area contributed by atoms with Crippen LogP contribution in [0.25, 0.3) is 0 Å². The first kappa shape index (κ1) is 13.2. The van der Waals surface area contributed by atoms with E-state index < -0.39 is 0 Å². The minimum absolute atomic E-state index is 0.0452. The predicted molar refractivity (Wildman–Crippen MR) is 69.3 cm³/mol. The topological polar surface area (TPSA) is 83.1 Å². The molecule has 0 spiro atoms. The molecule has 0 saturated carbocycles. The molecule has 0 fully saturated rings. The molecule has 1 heterocycles. The highest BCUT2D eigenvalue weighted by Gasteiger charge is 2.16. The van der Waals surface area contributed by atoms with E-state index in [1.807, 2.05) is 0 Å². The lowest BCUT2D eigenvalue weighted by molar-refractivity contribution is 0.0600. The SMILES string of the molecule is COC(=O)c1cccc(OCC[C@H]2COC(N)=N2)c1. The Morgan fingerprint density at radius 1 is 1.58 bits per heavy atom. The molecule has 6 nitrogen and oxygen atoms in total. The summed E-state index contributed by atoms with van der Waals surface area (Å²) in [5.41, 5.74) is 5.88. The van der Waals surface area contributed by atoms with Crippen molar-refractivity contribution in [2.75, 3.05) is 20.3 Å². The summed E-state index contributed by atoms with van der Waals surface area (Å²) < 4.78 is 15.3. The Hall–Kier alpha value is -2.24. The molecule has 1 atom stereocenters. The van der Waals surface area contributed by atoms with Gasteiger partial charge in [-0.25, -0.2) is 9.79 Å². The fraction of sp³-hybridized carbons (Fsp3) is 0.385. The Balaban J connectivity index is 1.84. The van der Waals surface area contributed by atoms with E-state index in [0.717, 1.165) is 0 Å². The number of hydrogen-bond donors (Lipinski definition) is 1. The number of carbonyl (C=O) groups excluding carboxylic acids is 1. The molecule has 0 aromatic heterocycles. The highest BCUT2D eigenvalue weighted by Crippen LogP contribution is 2.15. The molecule has 1 aliphatic rings. The van der Waals surface area contributed by atoms with Crippen molar-refractivity contribution in [2.45, 2.75) is 12.5 Å². The Morgan fingerprint density at radius 3 is 3.11 bits per heavy atom. The van der Waals surface area contributed by atoms with Gasteiger partial charge in [0.25, 0.3) is 6.02 Å². The van der Waals surface area contributed by atoms with Crippen molar-refractivity contribution >= 4 is 12.0 Å². The van der Waals surface area contributed by atoms with Gasteiger partial charge in [0.05, 0.1) is 25.3 Å². The number of methoxy groups -OCH3 is 1. The highest BCUT2D eigenvalue weighted by molar-refractivity contribution is 5.89. The van der Waals surface area contributed by atoms with Crippen LogP contribution < -0.4 is 10.5 Å². The number of amidine groups is 1. The lowest BCUT2D eigenvalue weighted by Gasteiger charge is -2.08. The van der Waals surface area contributed by atoms with Gasteiger partial charge in [-0.1, -0.05) is 6.07 Å². The quantitative estimate of drug-likeness (QED) is 0.801. The van der Waals surface area contributed by atoms with E-state index in [-0.39, 0.29) is 18.0 Å². The third-order valence-electron chi connectivity index (χ3n) is 2.71. The third-order valence-corrected chi connectivity index (χ3v) is 2.71. The van der Waals surface area contributed by atoms with Crippen LogP contribution in [0.5, 0.6) is 5.75 Å². The molecular weight excluding hydrogens is 248 g/mol. The van der Waals surface area contributed by atoms with E-state index in [4.69, 9.17) is 15.2 Å². The first-order valence-electron chi connectivity index (χ1n) is 5.96. The Kier molecular flexibility index (Phi) is 4.22. The fourth-order valence-electron chi connectivity index (χ4n) is 1.73. The average molecular weight is 264 g/mol. The van der Waals surface area contributed by atoms with Gasteiger partial charge in [-0.05, 0) is 18.2 Å². The summed E-state index contributed by atoms with van der Waals surface area (Å²) in [6.07, 6.45) is 0.711. The molecule has 0 radical (unpaired) electrons. The van der Waals surface area contributed by atoms with Crippen LogP contribution in [0.1, 0.15) is 16.8 Å². The molecule has 2 rings (SSSR count). The predicted octanol–water partition coefficient (Wildman–Crippen LogP) is 0.956. The molecule has 0 bridgehead atoms. The van der Waals surface area contributed by atoms with Crippen molar-refractivity contribution in [3.8, 4) is 5.75 Å². The van der Waals surface area contributed by atoms with Gasteiger partial charge in [-0.15, -0.1) is 0 Å². The van der Waals surface area contributed by atoms with E-state index in [1.165, 1.54) is 7.11 Å². The zero-order chi connectivity index (χ0) is 13.7. The number of nitrogens with two attached hydrogens (primary N) is 1. The fourth-order valence-corrected chi connectivity index (χ4v) is 1.73. The number of esters is 1. The van der Waals surface area contributed by atoms with Gasteiger partial charge >= 0.3 is 5.97 Å². The summed E-state index contributed by atoms with van der Waals surface area (Å²) in [4.78, 5) is 15.5. The van der Waals surface area contributed by atoms with E-state index in [2.05, 4.69) is 9.73 Å². The van der Waals surface area contributed by atoms with Crippen LogP contribution in [0, 0.1) is 0 Å². The van der Waals surface area contributed by atoms with E-state index in [0.29, 0.717) is 30.9 Å². The molecule has 0 aliphatic carbocycles. The first-order valence-corrected chi connectivity index (χ1v) is 5.96. The summed E-state index contributed by atoms with van der Waals surface area (Å²) in [6.45, 7) is 0.979. The van der Waals surface area contributed by atoms with Crippen molar-refractivity contribution in [1.29, 1.82) is 0 Å². The normalized spacial score (nSPS) is 17.5. The number of aliphatic imine (C=N–C) groups is 1. The second kappa shape index (κ2) is 6.08. The summed E-state index contributed by atoms with van der Waals surface area (Å²) in [6, 6.07) is 7.14.